The monoisotopic (exact) mass is 286 g/mol. The molecule has 0 radical (unpaired) electrons. The summed E-state index contributed by atoms with van der Waals surface area (Å²) >= 11 is 5.93. The van der Waals surface area contributed by atoms with Gasteiger partial charge in [-0.1, -0.05) is 61.8 Å². The average molecular weight is 287 g/mol. The van der Waals surface area contributed by atoms with Gasteiger partial charge in [0, 0.05) is 17.0 Å². The van der Waals surface area contributed by atoms with Gasteiger partial charge < -0.3 is 0 Å². The predicted octanol–water partition coefficient (Wildman–Crippen LogP) is 5.28. The number of hydrogen-bond donors (Lipinski definition) is 0. The third-order valence-corrected chi connectivity index (χ3v) is 3.90. The molecule has 0 spiro atoms. The number of rotatable bonds is 5. The number of halogens is 1. The molecule has 0 saturated carbocycles. The van der Waals surface area contributed by atoms with Gasteiger partial charge in [-0.25, -0.2) is 0 Å². The van der Waals surface area contributed by atoms with Crippen molar-refractivity contribution in [3.63, 3.8) is 0 Å². The molecule has 0 aliphatic carbocycles. The molecule has 2 aromatic carbocycles. The van der Waals surface area contributed by atoms with E-state index in [0.29, 0.717) is 17.4 Å². The van der Waals surface area contributed by atoms with E-state index in [9.17, 15) is 4.79 Å². The van der Waals surface area contributed by atoms with Gasteiger partial charge in [0.1, 0.15) is 0 Å². The Hall–Kier alpha value is -1.60. The van der Waals surface area contributed by atoms with Gasteiger partial charge in [0.15, 0.2) is 5.78 Å². The quantitative estimate of drug-likeness (QED) is 0.684. The topological polar surface area (TPSA) is 17.1 Å². The molecule has 0 amide bonds. The highest BCUT2D eigenvalue weighted by atomic mass is 35.5. The Morgan fingerprint density at radius 3 is 2.45 bits per heavy atom. The van der Waals surface area contributed by atoms with E-state index >= 15 is 0 Å². The smallest absolute Gasteiger partial charge is 0.167 e. The fraction of sp³-hybridized carbons (Fsp3) is 0.278. The Morgan fingerprint density at radius 1 is 1.15 bits per heavy atom. The summed E-state index contributed by atoms with van der Waals surface area (Å²) in [4.78, 5) is 12.2. The van der Waals surface area contributed by atoms with Crippen LogP contribution in [0.15, 0.2) is 48.5 Å². The van der Waals surface area contributed by atoms with Crippen LogP contribution in [0.1, 0.15) is 47.7 Å². The summed E-state index contributed by atoms with van der Waals surface area (Å²) in [5.41, 5.74) is 3.00. The molecule has 1 atom stereocenters. The Balaban J connectivity index is 2.09. The van der Waals surface area contributed by atoms with Crippen LogP contribution in [0.5, 0.6) is 0 Å². The van der Waals surface area contributed by atoms with E-state index in [1.54, 1.807) is 0 Å². The van der Waals surface area contributed by atoms with Crippen molar-refractivity contribution in [2.45, 2.75) is 32.6 Å². The molecule has 2 rings (SSSR count). The van der Waals surface area contributed by atoms with Crippen molar-refractivity contribution < 1.29 is 4.79 Å². The minimum atomic E-state index is 0.128. The first-order chi connectivity index (χ1) is 9.60. The van der Waals surface area contributed by atoms with Gasteiger partial charge in [-0.15, -0.1) is 0 Å². The molecule has 2 aromatic rings. The fourth-order valence-electron chi connectivity index (χ4n) is 2.17. The van der Waals surface area contributed by atoms with Gasteiger partial charge in [0.05, 0.1) is 0 Å². The Bertz CT molecular complexity index is 587. The van der Waals surface area contributed by atoms with E-state index in [-0.39, 0.29) is 5.78 Å². The van der Waals surface area contributed by atoms with Crippen LogP contribution in [0.25, 0.3) is 0 Å². The Morgan fingerprint density at radius 2 is 1.85 bits per heavy atom. The number of carbonyl (C=O) groups is 1. The zero-order valence-corrected chi connectivity index (χ0v) is 12.7. The summed E-state index contributed by atoms with van der Waals surface area (Å²) in [5, 5.41) is 0.669. The molecule has 0 heterocycles. The van der Waals surface area contributed by atoms with Crippen molar-refractivity contribution in [2.75, 3.05) is 0 Å². The molecule has 0 N–H and O–H groups in total. The minimum absolute atomic E-state index is 0.128. The molecule has 0 fully saturated rings. The van der Waals surface area contributed by atoms with Crippen molar-refractivity contribution in [1.29, 1.82) is 0 Å². The summed E-state index contributed by atoms with van der Waals surface area (Å²) in [5.74, 6) is 0.662. The minimum Gasteiger partial charge on any atom is -0.294 e. The van der Waals surface area contributed by atoms with Crippen LogP contribution < -0.4 is 0 Å². The van der Waals surface area contributed by atoms with Crippen LogP contribution in [0.2, 0.25) is 5.02 Å². The predicted molar refractivity (Wildman–Crippen MR) is 84.6 cm³/mol. The second-order valence-corrected chi connectivity index (χ2v) is 5.60. The van der Waals surface area contributed by atoms with Crippen molar-refractivity contribution >= 4 is 17.4 Å². The lowest BCUT2D eigenvalue weighted by molar-refractivity contribution is 0.0993. The van der Waals surface area contributed by atoms with Crippen molar-refractivity contribution in [2.24, 2.45) is 0 Å². The molecule has 20 heavy (non-hydrogen) atoms. The van der Waals surface area contributed by atoms with E-state index in [0.717, 1.165) is 17.5 Å². The first-order valence-electron chi connectivity index (χ1n) is 6.97. The Kier molecular flexibility index (Phi) is 4.97. The van der Waals surface area contributed by atoms with Crippen molar-refractivity contribution in [3.8, 4) is 0 Å². The molecule has 1 nitrogen and oxygen atoms in total. The number of carbonyl (C=O) groups excluding carboxylic acids is 1. The molecular weight excluding hydrogens is 268 g/mol. The molecule has 0 aromatic heterocycles. The molecule has 1 unspecified atom stereocenters. The average Bonchev–Trinajstić information content (AvgIpc) is 2.46. The third kappa shape index (κ3) is 3.71. The molecule has 104 valence electrons. The SMILES string of the molecule is CCC(C)c1ccc(C(=O)Cc2cccc(Cl)c2)cc1. The largest absolute Gasteiger partial charge is 0.294 e. The fourth-order valence-corrected chi connectivity index (χ4v) is 2.38. The van der Waals surface area contributed by atoms with Crippen LogP contribution in [0.4, 0.5) is 0 Å². The second-order valence-electron chi connectivity index (χ2n) is 5.16. The lowest BCUT2D eigenvalue weighted by atomic mass is 9.96. The summed E-state index contributed by atoms with van der Waals surface area (Å²) < 4.78 is 0. The third-order valence-electron chi connectivity index (χ3n) is 3.67. The molecule has 0 aliphatic heterocycles. The van der Waals surface area contributed by atoms with Gasteiger partial charge in [-0.2, -0.15) is 0 Å². The molecule has 0 bridgehead atoms. The van der Waals surface area contributed by atoms with E-state index in [4.69, 9.17) is 11.6 Å². The lowest BCUT2D eigenvalue weighted by Gasteiger charge is -2.09. The highest BCUT2D eigenvalue weighted by molar-refractivity contribution is 6.30. The van der Waals surface area contributed by atoms with E-state index in [2.05, 4.69) is 26.0 Å². The highest BCUT2D eigenvalue weighted by Crippen LogP contribution is 2.20. The first kappa shape index (κ1) is 14.8. The maximum atomic E-state index is 12.2. The molecule has 0 saturated heterocycles. The van der Waals surface area contributed by atoms with Crippen LogP contribution in [0, 0.1) is 0 Å². The molecule has 0 aliphatic rings. The molecular formula is C18H19ClO. The van der Waals surface area contributed by atoms with Gasteiger partial charge >= 0.3 is 0 Å². The summed E-state index contributed by atoms with van der Waals surface area (Å²) in [6.07, 6.45) is 1.50. The number of hydrogen-bond acceptors (Lipinski definition) is 1. The summed E-state index contributed by atoms with van der Waals surface area (Å²) in [6, 6.07) is 15.4. The van der Waals surface area contributed by atoms with Crippen molar-refractivity contribution in [1.82, 2.24) is 0 Å². The molecule has 2 heteroatoms. The van der Waals surface area contributed by atoms with E-state index < -0.39 is 0 Å². The standard InChI is InChI=1S/C18H19ClO/c1-3-13(2)15-7-9-16(10-8-15)18(20)12-14-5-4-6-17(19)11-14/h4-11,13H,3,12H2,1-2H3. The van der Waals surface area contributed by atoms with Crippen LogP contribution in [0.3, 0.4) is 0 Å². The van der Waals surface area contributed by atoms with Crippen LogP contribution >= 0.6 is 11.6 Å². The Labute approximate surface area is 125 Å². The van der Waals surface area contributed by atoms with E-state index in [1.807, 2.05) is 36.4 Å². The van der Waals surface area contributed by atoms with Gasteiger partial charge in [-0.05, 0) is 35.6 Å². The summed E-state index contributed by atoms with van der Waals surface area (Å²) in [6.45, 7) is 4.37. The summed E-state index contributed by atoms with van der Waals surface area (Å²) in [7, 11) is 0. The van der Waals surface area contributed by atoms with Gasteiger partial charge in [-0.3, -0.25) is 4.79 Å². The number of ketones is 1. The normalized spacial score (nSPS) is 12.2. The second kappa shape index (κ2) is 6.71. The zero-order valence-electron chi connectivity index (χ0n) is 11.9. The first-order valence-corrected chi connectivity index (χ1v) is 7.35. The van der Waals surface area contributed by atoms with Gasteiger partial charge in [0.2, 0.25) is 0 Å². The van der Waals surface area contributed by atoms with Crippen LogP contribution in [-0.2, 0) is 6.42 Å². The van der Waals surface area contributed by atoms with Crippen molar-refractivity contribution in [3.05, 3.63) is 70.2 Å². The maximum absolute atomic E-state index is 12.2. The maximum Gasteiger partial charge on any atom is 0.167 e. The van der Waals surface area contributed by atoms with Gasteiger partial charge in [0.25, 0.3) is 0 Å². The van der Waals surface area contributed by atoms with E-state index in [1.165, 1.54) is 5.56 Å². The zero-order chi connectivity index (χ0) is 14.5. The highest BCUT2D eigenvalue weighted by Gasteiger charge is 2.09. The lowest BCUT2D eigenvalue weighted by Crippen LogP contribution is -2.04. The number of Topliss-reactive ketones (excluding diaryl/α,β-unsaturated/α-hetero) is 1. The van der Waals surface area contributed by atoms with Crippen LogP contribution in [-0.4, -0.2) is 5.78 Å². The number of benzene rings is 2.